The molecule has 4 nitrogen and oxygen atoms in total. The average Bonchev–Trinajstić information content (AvgIpc) is 2.77. The summed E-state index contributed by atoms with van der Waals surface area (Å²) in [5.74, 6) is 0.568. The van der Waals surface area contributed by atoms with Gasteiger partial charge >= 0.3 is 0 Å². The number of pyridine rings is 1. The van der Waals surface area contributed by atoms with Crippen molar-refractivity contribution in [3.63, 3.8) is 0 Å². The molecule has 5 heteroatoms. The lowest BCUT2D eigenvalue weighted by Crippen LogP contribution is -2.20. The van der Waals surface area contributed by atoms with Crippen molar-refractivity contribution in [2.75, 3.05) is 25.1 Å². The van der Waals surface area contributed by atoms with Crippen molar-refractivity contribution in [2.45, 2.75) is 20.3 Å². The predicted octanol–water partition coefficient (Wildman–Crippen LogP) is 1.78. The van der Waals surface area contributed by atoms with Crippen LogP contribution in [0.2, 0.25) is 0 Å². The first-order valence-electron chi connectivity index (χ1n) is 6.17. The number of aromatic nitrogens is 1. The number of rotatable bonds is 4. The molecule has 1 unspecified atom stereocenters. The van der Waals surface area contributed by atoms with E-state index in [9.17, 15) is 0 Å². The highest BCUT2D eigenvalue weighted by Crippen LogP contribution is 2.21. The number of ether oxygens (including phenoxy) is 1. The van der Waals surface area contributed by atoms with Gasteiger partial charge in [-0.2, -0.15) is 0 Å². The Balaban J connectivity index is 2.16. The number of nitrogens with zero attached hydrogens (tertiary/aromatic N) is 1. The van der Waals surface area contributed by atoms with Gasteiger partial charge in [-0.15, -0.1) is 0 Å². The molecule has 3 N–H and O–H groups in total. The molecule has 1 aliphatic rings. The van der Waals surface area contributed by atoms with E-state index in [0.717, 1.165) is 48.8 Å². The quantitative estimate of drug-likeness (QED) is 0.813. The zero-order valence-corrected chi connectivity index (χ0v) is 11.6. The third kappa shape index (κ3) is 2.97. The molecular weight excluding hydrogens is 246 g/mol. The van der Waals surface area contributed by atoms with Gasteiger partial charge in [0.2, 0.25) is 0 Å². The topological polar surface area (TPSA) is 60.2 Å². The molecule has 0 radical (unpaired) electrons. The predicted molar refractivity (Wildman–Crippen MR) is 77.0 cm³/mol. The summed E-state index contributed by atoms with van der Waals surface area (Å²) in [6.07, 6.45) is 1.11. The van der Waals surface area contributed by atoms with Crippen molar-refractivity contribution in [1.82, 2.24) is 4.98 Å². The molecule has 1 saturated heterocycles. The molecule has 2 rings (SSSR count). The van der Waals surface area contributed by atoms with Gasteiger partial charge in [-0.05, 0) is 26.3 Å². The molecule has 0 aromatic carbocycles. The van der Waals surface area contributed by atoms with Gasteiger partial charge < -0.3 is 15.8 Å². The van der Waals surface area contributed by atoms with Crippen LogP contribution in [0.15, 0.2) is 6.07 Å². The molecule has 1 aromatic rings. The molecule has 0 saturated carbocycles. The van der Waals surface area contributed by atoms with Crippen LogP contribution in [0.5, 0.6) is 0 Å². The third-order valence-corrected chi connectivity index (χ3v) is 3.38. The normalized spacial score (nSPS) is 18.9. The molecule has 0 bridgehead atoms. The summed E-state index contributed by atoms with van der Waals surface area (Å²) >= 11 is 5.10. The SMILES string of the molecule is Cc1cc(NCC2CCOC2)c(C(N)=S)c(C)n1. The number of nitrogens with one attached hydrogen (secondary N) is 1. The van der Waals surface area contributed by atoms with Gasteiger partial charge in [0.1, 0.15) is 4.99 Å². The maximum atomic E-state index is 5.78. The van der Waals surface area contributed by atoms with E-state index >= 15 is 0 Å². The molecule has 0 aliphatic carbocycles. The summed E-state index contributed by atoms with van der Waals surface area (Å²) < 4.78 is 5.37. The summed E-state index contributed by atoms with van der Waals surface area (Å²) in [6, 6.07) is 2.00. The van der Waals surface area contributed by atoms with Gasteiger partial charge in [0.25, 0.3) is 0 Å². The van der Waals surface area contributed by atoms with Gasteiger partial charge in [0.15, 0.2) is 0 Å². The standard InChI is InChI=1S/C13H19N3OS/c1-8-5-11(12(13(14)18)9(2)16-8)15-6-10-3-4-17-7-10/h5,10H,3-4,6-7H2,1-2H3,(H2,14,18)(H,15,16). The van der Waals surface area contributed by atoms with Crippen molar-refractivity contribution in [1.29, 1.82) is 0 Å². The fourth-order valence-corrected chi connectivity index (χ4v) is 2.54. The number of thiocarbonyl (C=S) groups is 1. The lowest BCUT2D eigenvalue weighted by atomic mass is 10.1. The van der Waals surface area contributed by atoms with Crippen LogP contribution in [-0.2, 0) is 4.74 Å². The maximum absolute atomic E-state index is 5.78. The fraction of sp³-hybridized carbons (Fsp3) is 0.538. The first kappa shape index (κ1) is 13.2. The molecule has 1 aliphatic heterocycles. The fourth-order valence-electron chi connectivity index (χ4n) is 2.28. The highest BCUT2D eigenvalue weighted by Gasteiger charge is 2.17. The van der Waals surface area contributed by atoms with Crippen LogP contribution in [0.25, 0.3) is 0 Å². The Kier molecular flexibility index (Phi) is 4.14. The van der Waals surface area contributed by atoms with E-state index in [-0.39, 0.29) is 0 Å². The van der Waals surface area contributed by atoms with Gasteiger partial charge in [-0.3, -0.25) is 4.98 Å². The second-order valence-electron chi connectivity index (χ2n) is 4.75. The third-order valence-electron chi connectivity index (χ3n) is 3.18. The number of nitrogens with two attached hydrogens (primary N) is 1. The Labute approximate surface area is 113 Å². The molecule has 18 heavy (non-hydrogen) atoms. The second kappa shape index (κ2) is 5.63. The smallest absolute Gasteiger partial charge is 0.107 e. The highest BCUT2D eigenvalue weighted by atomic mass is 32.1. The molecule has 1 fully saturated rings. The summed E-state index contributed by atoms with van der Waals surface area (Å²) in [5, 5.41) is 3.43. The van der Waals surface area contributed by atoms with Crippen molar-refractivity contribution in [2.24, 2.45) is 11.7 Å². The molecule has 0 amide bonds. The summed E-state index contributed by atoms with van der Waals surface area (Å²) in [5.41, 5.74) is 9.47. The van der Waals surface area contributed by atoms with Gasteiger partial charge in [-0.25, -0.2) is 0 Å². The van der Waals surface area contributed by atoms with Crippen LogP contribution < -0.4 is 11.1 Å². The average molecular weight is 265 g/mol. The minimum atomic E-state index is 0.394. The van der Waals surface area contributed by atoms with Crippen molar-refractivity contribution >= 4 is 22.9 Å². The van der Waals surface area contributed by atoms with Crippen molar-refractivity contribution in [3.05, 3.63) is 23.0 Å². The molecule has 1 aromatic heterocycles. The van der Waals surface area contributed by atoms with Gasteiger partial charge in [0.05, 0.1) is 12.2 Å². The molecule has 98 valence electrons. The zero-order valence-electron chi connectivity index (χ0n) is 10.8. The monoisotopic (exact) mass is 265 g/mol. The van der Waals surface area contributed by atoms with Gasteiger partial charge in [-0.1, -0.05) is 12.2 Å². The summed E-state index contributed by atoms with van der Waals surface area (Å²) in [7, 11) is 0. The van der Waals surface area contributed by atoms with E-state index in [1.54, 1.807) is 0 Å². The van der Waals surface area contributed by atoms with E-state index in [2.05, 4.69) is 10.3 Å². The Hall–Kier alpha value is -1.20. The number of hydrogen-bond donors (Lipinski definition) is 2. The Morgan fingerprint density at radius 1 is 1.61 bits per heavy atom. The molecule has 1 atom stereocenters. The summed E-state index contributed by atoms with van der Waals surface area (Å²) in [4.78, 5) is 4.80. The zero-order chi connectivity index (χ0) is 13.1. The first-order chi connectivity index (χ1) is 8.58. The Morgan fingerprint density at radius 2 is 2.39 bits per heavy atom. The lowest BCUT2D eigenvalue weighted by molar-refractivity contribution is 0.187. The largest absolute Gasteiger partial charge is 0.389 e. The summed E-state index contributed by atoms with van der Waals surface area (Å²) in [6.45, 7) is 6.49. The van der Waals surface area contributed by atoms with Crippen LogP contribution in [0, 0.1) is 19.8 Å². The second-order valence-corrected chi connectivity index (χ2v) is 5.19. The van der Waals surface area contributed by atoms with Crippen LogP contribution in [-0.4, -0.2) is 29.7 Å². The lowest BCUT2D eigenvalue weighted by Gasteiger charge is -2.16. The maximum Gasteiger partial charge on any atom is 0.107 e. The van der Waals surface area contributed by atoms with Crippen LogP contribution in [0.3, 0.4) is 0 Å². The van der Waals surface area contributed by atoms with E-state index < -0.39 is 0 Å². The first-order valence-corrected chi connectivity index (χ1v) is 6.58. The Morgan fingerprint density at radius 3 is 3.00 bits per heavy atom. The van der Waals surface area contributed by atoms with E-state index in [4.69, 9.17) is 22.7 Å². The van der Waals surface area contributed by atoms with Gasteiger partial charge in [0, 0.05) is 36.1 Å². The van der Waals surface area contributed by atoms with Crippen molar-refractivity contribution in [3.8, 4) is 0 Å². The highest BCUT2D eigenvalue weighted by molar-refractivity contribution is 7.80. The Bertz CT molecular complexity index is 456. The van der Waals surface area contributed by atoms with Crippen LogP contribution in [0.4, 0.5) is 5.69 Å². The molecular formula is C13H19N3OS. The minimum absolute atomic E-state index is 0.394. The van der Waals surface area contributed by atoms with Crippen LogP contribution in [0.1, 0.15) is 23.4 Å². The minimum Gasteiger partial charge on any atom is -0.389 e. The van der Waals surface area contributed by atoms with Crippen molar-refractivity contribution < 1.29 is 4.74 Å². The molecule has 2 heterocycles. The number of aryl methyl sites for hydroxylation is 2. The van der Waals surface area contributed by atoms with E-state index in [1.807, 2.05) is 19.9 Å². The van der Waals surface area contributed by atoms with E-state index in [0.29, 0.717) is 10.9 Å². The molecule has 0 spiro atoms. The number of anilines is 1. The van der Waals surface area contributed by atoms with E-state index in [1.165, 1.54) is 0 Å². The van der Waals surface area contributed by atoms with Crippen LogP contribution >= 0.6 is 12.2 Å². The number of hydrogen-bond acceptors (Lipinski definition) is 4.